The Morgan fingerprint density at radius 2 is 2.06 bits per heavy atom. The van der Waals surface area contributed by atoms with Gasteiger partial charge in [-0.1, -0.05) is 0 Å². The smallest absolute Gasteiger partial charge is 0.335 e. The molecule has 1 aromatic heterocycles. The van der Waals surface area contributed by atoms with Gasteiger partial charge in [0.25, 0.3) is 0 Å². The number of phenolic OH excluding ortho intramolecular Hbond substituents is 1. The molecule has 18 heavy (non-hydrogen) atoms. The highest BCUT2D eigenvalue weighted by molar-refractivity contribution is 5.89. The largest absolute Gasteiger partial charge is 0.507 e. The molecule has 0 spiro atoms. The Hall–Kier alpha value is -2.87. The fourth-order valence-corrected chi connectivity index (χ4v) is 1.56. The molecule has 5 heteroatoms. The van der Waals surface area contributed by atoms with E-state index in [4.69, 9.17) is 10.4 Å². The lowest BCUT2D eigenvalue weighted by Crippen LogP contribution is -1.95. The second-order valence-electron chi connectivity index (χ2n) is 3.61. The average Bonchev–Trinajstić information content (AvgIpc) is 2.38. The number of carboxylic acids is 1. The molecule has 0 radical (unpaired) electrons. The van der Waals surface area contributed by atoms with E-state index in [0.717, 1.165) is 6.07 Å². The number of aromatic nitrogens is 1. The molecule has 0 saturated heterocycles. The fraction of sp³-hybridized carbons (Fsp3) is 0. The molecule has 0 saturated carbocycles. The van der Waals surface area contributed by atoms with Crippen molar-refractivity contribution in [2.75, 3.05) is 0 Å². The van der Waals surface area contributed by atoms with Crippen molar-refractivity contribution in [1.82, 2.24) is 4.98 Å². The Bertz CT molecular complexity index is 660. The summed E-state index contributed by atoms with van der Waals surface area (Å²) in [6.45, 7) is 0. The molecule has 0 unspecified atom stereocenters. The lowest BCUT2D eigenvalue weighted by Gasteiger charge is -2.05. The summed E-state index contributed by atoms with van der Waals surface area (Å²) < 4.78 is 0. The van der Waals surface area contributed by atoms with Crippen LogP contribution in [0.4, 0.5) is 0 Å². The molecule has 0 amide bonds. The van der Waals surface area contributed by atoms with Crippen LogP contribution in [0, 0.1) is 11.3 Å². The monoisotopic (exact) mass is 240 g/mol. The first-order valence-corrected chi connectivity index (χ1v) is 5.03. The van der Waals surface area contributed by atoms with Gasteiger partial charge in [0.15, 0.2) is 0 Å². The van der Waals surface area contributed by atoms with Crippen LogP contribution in [0.25, 0.3) is 11.1 Å². The molecule has 0 aliphatic carbocycles. The summed E-state index contributed by atoms with van der Waals surface area (Å²) in [7, 11) is 0. The summed E-state index contributed by atoms with van der Waals surface area (Å²) in [5.74, 6) is -1.27. The molecule has 2 aromatic rings. The number of phenols is 1. The van der Waals surface area contributed by atoms with E-state index in [1.807, 2.05) is 6.07 Å². The second-order valence-corrected chi connectivity index (χ2v) is 3.61. The van der Waals surface area contributed by atoms with E-state index in [1.54, 1.807) is 6.07 Å². The summed E-state index contributed by atoms with van der Waals surface area (Å²) in [4.78, 5) is 14.6. The van der Waals surface area contributed by atoms with Gasteiger partial charge in [0.1, 0.15) is 11.8 Å². The summed E-state index contributed by atoms with van der Waals surface area (Å²) in [6.07, 6.45) is 2.91. The highest BCUT2D eigenvalue weighted by Crippen LogP contribution is 2.29. The number of nitriles is 1. The van der Waals surface area contributed by atoms with Crippen LogP contribution in [0.3, 0.4) is 0 Å². The van der Waals surface area contributed by atoms with Gasteiger partial charge in [-0.3, -0.25) is 4.98 Å². The summed E-state index contributed by atoms with van der Waals surface area (Å²) in [5.41, 5.74) is 1.36. The number of aromatic carboxylic acids is 1. The van der Waals surface area contributed by atoms with Crippen LogP contribution in [-0.2, 0) is 0 Å². The van der Waals surface area contributed by atoms with Gasteiger partial charge in [0, 0.05) is 23.5 Å². The minimum absolute atomic E-state index is 0.000599. The maximum absolute atomic E-state index is 10.7. The van der Waals surface area contributed by atoms with Crippen LogP contribution in [0.1, 0.15) is 15.9 Å². The third kappa shape index (κ3) is 2.13. The van der Waals surface area contributed by atoms with Gasteiger partial charge in [-0.05, 0) is 24.3 Å². The molecule has 0 aliphatic rings. The van der Waals surface area contributed by atoms with Crippen molar-refractivity contribution < 1.29 is 15.0 Å². The highest BCUT2D eigenvalue weighted by Gasteiger charge is 2.09. The molecule has 0 bridgehead atoms. The van der Waals surface area contributed by atoms with E-state index in [1.165, 1.54) is 24.5 Å². The van der Waals surface area contributed by atoms with Crippen LogP contribution in [-0.4, -0.2) is 21.2 Å². The zero-order valence-corrected chi connectivity index (χ0v) is 9.16. The predicted octanol–water partition coefficient (Wildman–Crippen LogP) is 2.02. The number of carboxylic acid groups (broad SMARTS) is 1. The van der Waals surface area contributed by atoms with Crippen LogP contribution >= 0.6 is 0 Å². The van der Waals surface area contributed by atoms with Gasteiger partial charge in [-0.25, -0.2) is 4.79 Å². The lowest BCUT2D eigenvalue weighted by atomic mass is 10.0. The number of nitrogens with zero attached hydrogens (tertiary/aromatic N) is 2. The third-order valence-corrected chi connectivity index (χ3v) is 2.42. The van der Waals surface area contributed by atoms with Gasteiger partial charge in [0.05, 0.1) is 11.1 Å². The Morgan fingerprint density at radius 3 is 2.67 bits per heavy atom. The Kier molecular flexibility index (Phi) is 2.94. The molecular formula is C13H8N2O3. The maximum atomic E-state index is 10.7. The SMILES string of the molecule is N#Cc1cncc(-c2ccc(C(=O)O)cc2O)c1. The Labute approximate surface area is 103 Å². The van der Waals surface area contributed by atoms with Crippen molar-refractivity contribution in [3.05, 3.63) is 47.8 Å². The highest BCUT2D eigenvalue weighted by atomic mass is 16.4. The summed E-state index contributed by atoms with van der Waals surface area (Å²) >= 11 is 0. The first-order valence-electron chi connectivity index (χ1n) is 5.03. The van der Waals surface area contributed by atoms with Crippen LogP contribution in [0.2, 0.25) is 0 Å². The van der Waals surface area contributed by atoms with Crippen LogP contribution in [0.15, 0.2) is 36.7 Å². The average molecular weight is 240 g/mol. The van der Waals surface area contributed by atoms with Crippen molar-refractivity contribution in [3.63, 3.8) is 0 Å². The van der Waals surface area contributed by atoms with Gasteiger partial charge in [0.2, 0.25) is 0 Å². The van der Waals surface area contributed by atoms with Crippen molar-refractivity contribution >= 4 is 5.97 Å². The molecular weight excluding hydrogens is 232 g/mol. The number of rotatable bonds is 2. The standard InChI is InChI=1S/C13H8N2O3/c14-5-8-3-10(7-15-6-8)11-2-1-9(13(17)18)4-12(11)16/h1-4,6-7,16H,(H,17,18). The van der Waals surface area contributed by atoms with E-state index in [2.05, 4.69) is 4.98 Å². The van der Waals surface area contributed by atoms with E-state index < -0.39 is 5.97 Å². The van der Waals surface area contributed by atoms with Gasteiger partial charge in [-0.2, -0.15) is 5.26 Å². The Balaban J connectivity index is 2.51. The van der Waals surface area contributed by atoms with Crippen molar-refractivity contribution in [3.8, 4) is 22.9 Å². The predicted molar refractivity (Wildman–Crippen MR) is 63.0 cm³/mol. The normalized spacial score (nSPS) is 9.72. The Morgan fingerprint density at radius 1 is 1.28 bits per heavy atom. The van der Waals surface area contributed by atoms with Crippen molar-refractivity contribution in [1.29, 1.82) is 5.26 Å². The number of benzene rings is 1. The number of hydrogen-bond acceptors (Lipinski definition) is 4. The first kappa shape index (κ1) is 11.6. The zero-order chi connectivity index (χ0) is 13.1. The zero-order valence-electron chi connectivity index (χ0n) is 9.16. The molecule has 1 heterocycles. The third-order valence-electron chi connectivity index (χ3n) is 2.42. The van der Waals surface area contributed by atoms with Crippen LogP contribution in [0.5, 0.6) is 5.75 Å². The molecule has 0 aliphatic heterocycles. The lowest BCUT2D eigenvalue weighted by molar-refractivity contribution is 0.0696. The molecule has 5 nitrogen and oxygen atoms in total. The van der Waals surface area contributed by atoms with Gasteiger partial charge in [-0.15, -0.1) is 0 Å². The number of hydrogen-bond donors (Lipinski definition) is 2. The minimum Gasteiger partial charge on any atom is -0.507 e. The fourth-order valence-electron chi connectivity index (χ4n) is 1.56. The molecule has 0 atom stereocenters. The summed E-state index contributed by atoms with van der Waals surface area (Å²) in [5, 5.41) is 27.3. The van der Waals surface area contributed by atoms with E-state index in [-0.39, 0.29) is 11.3 Å². The molecule has 2 rings (SSSR count). The molecule has 1 aromatic carbocycles. The quantitative estimate of drug-likeness (QED) is 0.837. The molecule has 2 N–H and O–H groups in total. The van der Waals surface area contributed by atoms with E-state index >= 15 is 0 Å². The maximum Gasteiger partial charge on any atom is 0.335 e. The van der Waals surface area contributed by atoms with E-state index in [0.29, 0.717) is 16.7 Å². The van der Waals surface area contributed by atoms with Gasteiger partial charge >= 0.3 is 5.97 Å². The minimum atomic E-state index is -1.11. The van der Waals surface area contributed by atoms with Crippen molar-refractivity contribution in [2.45, 2.75) is 0 Å². The van der Waals surface area contributed by atoms with Gasteiger partial charge < -0.3 is 10.2 Å². The van der Waals surface area contributed by atoms with E-state index in [9.17, 15) is 9.90 Å². The molecule has 0 fully saturated rings. The van der Waals surface area contributed by atoms with Crippen molar-refractivity contribution in [2.24, 2.45) is 0 Å². The summed E-state index contributed by atoms with van der Waals surface area (Å²) in [6, 6.07) is 7.55. The molecule has 88 valence electrons. The number of pyridine rings is 1. The first-order chi connectivity index (χ1) is 8.61. The second kappa shape index (κ2) is 4.55. The topological polar surface area (TPSA) is 94.2 Å². The van der Waals surface area contributed by atoms with Crippen LogP contribution < -0.4 is 0 Å². The number of aromatic hydroxyl groups is 1. The number of carbonyl (C=O) groups is 1.